The van der Waals surface area contributed by atoms with E-state index < -0.39 is 0 Å². The van der Waals surface area contributed by atoms with Crippen LogP contribution in [0.4, 0.5) is 5.69 Å². The third-order valence-electron chi connectivity index (χ3n) is 4.41. The fourth-order valence-electron chi connectivity index (χ4n) is 2.76. The second-order valence-corrected chi connectivity index (χ2v) is 7.42. The molecule has 6 nitrogen and oxygen atoms in total. The molecule has 0 aliphatic heterocycles. The number of hydrogen-bond donors (Lipinski definition) is 1. The van der Waals surface area contributed by atoms with E-state index in [4.69, 9.17) is 4.74 Å². The van der Waals surface area contributed by atoms with Gasteiger partial charge in [0.05, 0.1) is 18.5 Å². The first kappa shape index (κ1) is 22.1. The van der Waals surface area contributed by atoms with Crippen LogP contribution in [-0.4, -0.2) is 28.0 Å². The summed E-state index contributed by atoms with van der Waals surface area (Å²) in [5, 5.41) is 11.1. The number of amides is 1. The van der Waals surface area contributed by atoms with Crippen LogP contribution in [0.3, 0.4) is 0 Å². The number of ether oxygens (including phenoxy) is 1. The Morgan fingerprint density at radius 2 is 1.72 bits per heavy atom. The highest BCUT2D eigenvalue weighted by atomic mass is 16.5. The van der Waals surface area contributed by atoms with Crippen molar-refractivity contribution in [3.8, 4) is 11.4 Å². The highest BCUT2D eigenvalue weighted by Crippen LogP contribution is 2.25. The highest BCUT2D eigenvalue weighted by molar-refractivity contribution is 6.03. The predicted octanol–water partition coefficient (Wildman–Crippen LogP) is 5.16. The molecule has 0 bridgehead atoms. The summed E-state index contributed by atoms with van der Waals surface area (Å²) >= 11 is 0. The van der Waals surface area contributed by atoms with Gasteiger partial charge in [0.25, 0.3) is 5.91 Å². The van der Waals surface area contributed by atoms with Crippen molar-refractivity contribution in [2.45, 2.75) is 47.0 Å². The zero-order chi connectivity index (χ0) is 21.6. The van der Waals surface area contributed by atoms with E-state index in [1.54, 1.807) is 11.8 Å². The SMILES string of the molecule is CC.COc1ccc(-n2nnc(C(=O)Nc3cccc(C(C)(C)C)c3)c2C)cc1. The van der Waals surface area contributed by atoms with Crippen LogP contribution in [0.15, 0.2) is 48.5 Å². The monoisotopic (exact) mass is 394 g/mol. The maximum Gasteiger partial charge on any atom is 0.278 e. The first-order valence-electron chi connectivity index (χ1n) is 9.78. The van der Waals surface area contributed by atoms with Gasteiger partial charge in [0, 0.05) is 5.69 Å². The third kappa shape index (κ3) is 5.22. The normalized spacial score (nSPS) is 10.7. The van der Waals surface area contributed by atoms with Gasteiger partial charge >= 0.3 is 0 Å². The van der Waals surface area contributed by atoms with Crippen LogP contribution in [-0.2, 0) is 5.41 Å². The summed E-state index contributed by atoms with van der Waals surface area (Å²) in [4.78, 5) is 12.7. The topological polar surface area (TPSA) is 69.0 Å². The van der Waals surface area contributed by atoms with Gasteiger partial charge in [-0.2, -0.15) is 0 Å². The Balaban J connectivity index is 0.00000145. The summed E-state index contributed by atoms with van der Waals surface area (Å²) in [6.45, 7) is 12.2. The zero-order valence-electron chi connectivity index (χ0n) is 18.3. The van der Waals surface area contributed by atoms with Crippen molar-refractivity contribution in [2.75, 3.05) is 12.4 Å². The van der Waals surface area contributed by atoms with Crippen LogP contribution in [0.2, 0.25) is 0 Å². The molecule has 1 N–H and O–H groups in total. The van der Waals surface area contributed by atoms with Gasteiger partial charge in [0.15, 0.2) is 5.69 Å². The summed E-state index contributed by atoms with van der Waals surface area (Å²) in [6, 6.07) is 15.3. The van der Waals surface area contributed by atoms with E-state index in [0.29, 0.717) is 11.4 Å². The fourth-order valence-corrected chi connectivity index (χ4v) is 2.76. The number of methoxy groups -OCH3 is 1. The summed E-state index contributed by atoms with van der Waals surface area (Å²) in [5.41, 5.74) is 3.68. The first-order chi connectivity index (χ1) is 13.8. The lowest BCUT2D eigenvalue weighted by Gasteiger charge is -2.19. The number of carbonyl (C=O) groups excluding carboxylic acids is 1. The van der Waals surface area contributed by atoms with Crippen LogP contribution >= 0.6 is 0 Å². The molecule has 1 amide bonds. The highest BCUT2D eigenvalue weighted by Gasteiger charge is 2.19. The van der Waals surface area contributed by atoms with Gasteiger partial charge < -0.3 is 10.1 Å². The van der Waals surface area contributed by atoms with E-state index in [-0.39, 0.29) is 11.3 Å². The molecule has 3 rings (SSSR count). The minimum atomic E-state index is -0.279. The maximum absolute atomic E-state index is 12.7. The van der Waals surface area contributed by atoms with Gasteiger partial charge in [0.1, 0.15) is 5.75 Å². The van der Waals surface area contributed by atoms with Crippen molar-refractivity contribution >= 4 is 11.6 Å². The molecule has 2 aromatic carbocycles. The second-order valence-electron chi connectivity index (χ2n) is 7.42. The molecule has 1 aromatic heterocycles. The molecule has 3 aromatic rings. The molecule has 29 heavy (non-hydrogen) atoms. The number of anilines is 1. The molecule has 1 heterocycles. The Morgan fingerprint density at radius 3 is 2.31 bits per heavy atom. The molecule has 0 saturated carbocycles. The lowest BCUT2D eigenvalue weighted by Crippen LogP contribution is -2.16. The van der Waals surface area contributed by atoms with E-state index in [0.717, 1.165) is 22.7 Å². The largest absolute Gasteiger partial charge is 0.497 e. The zero-order valence-corrected chi connectivity index (χ0v) is 18.3. The third-order valence-corrected chi connectivity index (χ3v) is 4.41. The summed E-state index contributed by atoms with van der Waals surface area (Å²) in [5.74, 6) is 0.478. The number of nitrogens with one attached hydrogen (secondary N) is 1. The Morgan fingerprint density at radius 1 is 1.07 bits per heavy atom. The Hall–Kier alpha value is -3.15. The van der Waals surface area contributed by atoms with Crippen LogP contribution < -0.4 is 10.1 Å². The van der Waals surface area contributed by atoms with Crippen molar-refractivity contribution in [3.63, 3.8) is 0 Å². The van der Waals surface area contributed by atoms with Crippen molar-refractivity contribution in [2.24, 2.45) is 0 Å². The van der Waals surface area contributed by atoms with Crippen molar-refractivity contribution in [1.82, 2.24) is 15.0 Å². The molecule has 0 unspecified atom stereocenters. The van der Waals surface area contributed by atoms with Gasteiger partial charge in [-0.15, -0.1) is 5.10 Å². The smallest absolute Gasteiger partial charge is 0.278 e. The summed E-state index contributed by atoms with van der Waals surface area (Å²) in [7, 11) is 1.62. The molecule has 0 aliphatic rings. The van der Waals surface area contributed by atoms with E-state index in [1.807, 2.05) is 63.2 Å². The number of aromatic nitrogens is 3. The summed E-state index contributed by atoms with van der Waals surface area (Å²) in [6.07, 6.45) is 0. The second kappa shape index (κ2) is 9.37. The van der Waals surface area contributed by atoms with Gasteiger partial charge in [-0.05, 0) is 54.3 Å². The molecule has 0 fully saturated rings. The standard InChI is InChI=1S/C21H24N4O2.C2H6/c1-14-19(23-24-25(14)17-9-11-18(27-5)12-10-17)20(26)22-16-8-6-7-15(13-16)21(2,3)4;1-2/h6-13H,1-5H3,(H,22,26);1-2H3. The lowest BCUT2D eigenvalue weighted by molar-refractivity contribution is 0.102. The molecule has 0 spiro atoms. The molecule has 154 valence electrons. The van der Waals surface area contributed by atoms with E-state index in [9.17, 15) is 4.79 Å². The Labute approximate surface area is 172 Å². The van der Waals surface area contributed by atoms with Gasteiger partial charge in [0.2, 0.25) is 0 Å². The summed E-state index contributed by atoms with van der Waals surface area (Å²) < 4.78 is 6.81. The van der Waals surface area contributed by atoms with E-state index >= 15 is 0 Å². The number of benzene rings is 2. The lowest BCUT2D eigenvalue weighted by atomic mass is 9.87. The maximum atomic E-state index is 12.7. The number of carbonyl (C=O) groups is 1. The fraction of sp³-hybridized carbons (Fsp3) is 0.348. The number of hydrogen-bond acceptors (Lipinski definition) is 4. The molecule has 0 aliphatic carbocycles. The Bertz CT molecular complexity index is 954. The molecule has 0 radical (unpaired) electrons. The minimum absolute atomic E-state index is 0.00809. The quantitative estimate of drug-likeness (QED) is 0.663. The minimum Gasteiger partial charge on any atom is -0.497 e. The Kier molecular flexibility index (Phi) is 7.15. The van der Waals surface area contributed by atoms with Crippen LogP contribution in [0.1, 0.15) is 56.4 Å². The van der Waals surface area contributed by atoms with Crippen molar-refractivity contribution in [1.29, 1.82) is 0 Å². The van der Waals surface area contributed by atoms with E-state index in [2.05, 4.69) is 42.5 Å². The molecular formula is C23H30N4O2. The van der Waals surface area contributed by atoms with Gasteiger partial charge in [-0.1, -0.05) is 52.0 Å². The average Bonchev–Trinajstić information content (AvgIpc) is 3.10. The average molecular weight is 395 g/mol. The predicted molar refractivity (Wildman–Crippen MR) is 117 cm³/mol. The number of rotatable bonds is 4. The number of nitrogens with zero attached hydrogens (tertiary/aromatic N) is 3. The first-order valence-corrected chi connectivity index (χ1v) is 9.78. The van der Waals surface area contributed by atoms with Crippen LogP contribution in [0, 0.1) is 6.92 Å². The van der Waals surface area contributed by atoms with Gasteiger partial charge in [-0.25, -0.2) is 4.68 Å². The van der Waals surface area contributed by atoms with Crippen LogP contribution in [0.5, 0.6) is 5.75 Å². The van der Waals surface area contributed by atoms with Crippen molar-refractivity contribution in [3.05, 3.63) is 65.5 Å². The van der Waals surface area contributed by atoms with E-state index in [1.165, 1.54) is 0 Å². The van der Waals surface area contributed by atoms with Crippen LogP contribution in [0.25, 0.3) is 5.69 Å². The molecule has 0 atom stereocenters. The molecule has 0 saturated heterocycles. The van der Waals surface area contributed by atoms with Gasteiger partial charge in [-0.3, -0.25) is 4.79 Å². The molecular weight excluding hydrogens is 364 g/mol. The van der Waals surface area contributed by atoms with Crippen molar-refractivity contribution < 1.29 is 9.53 Å². The molecule has 6 heteroatoms.